The van der Waals surface area contributed by atoms with Crippen LogP contribution in [-0.4, -0.2) is 43.5 Å². The van der Waals surface area contributed by atoms with Crippen LogP contribution in [0.3, 0.4) is 0 Å². The lowest BCUT2D eigenvalue weighted by molar-refractivity contribution is -0.143. The van der Waals surface area contributed by atoms with Gasteiger partial charge in [-0.3, -0.25) is 14.5 Å². The fourth-order valence-corrected chi connectivity index (χ4v) is 2.03. The van der Waals surface area contributed by atoms with Gasteiger partial charge in [-0.05, 0) is 38.9 Å². The zero-order valence-electron chi connectivity index (χ0n) is 13.2. The first-order valence-electron chi connectivity index (χ1n) is 7.14. The Kier molecular flexibility index (Phi) is 6.88. The number of amides is 1. The molecule has 0 aliphatic carbocycles. The molecule has 0 fully saturated rings. The molecular formula is C16H24N2O3. The van der Waals surface area contributed by atoms with Crippen LogP contribution in [0.5, 0.6) is 0 Å². The standard InChI is InChI=1S/C16H24N2O3/c1-5-21-15(20)9-10-18(4)11-14(19)17-16-12(2)7-6-8-13(16)3/h6-8H,5,9-11H2,1-4H3,(H,17,19). The summed E-state index contributed by atoms with van der Waals surface area (Å²) in [6.45, 7) is 6.83. The molecule has 0 radical (unpaired) electrons. The zero-order chi connectivity index (χ0) is 15.8. The van der Waals surface area contributed by atoms with Crippen molar-refractivity contribution >= 4 is 17.6 Å². The van der Waals surface area contributed by atoms with E-state index in [-0.39, 0.29) is 18.4 Å². The highest BCUT2D eigenvalue weighted by Gasteiger charge is 2.11. The highest BCUT2D eigenvalue weighted by atomic mass is 16.5. The number of ether oxygens (including phenoxy) is 1. The van der Waals surface area contributed by atoms with Crippen LogP contribution in [-0.2, 0) is 14.3 Å². The quantitative estimate of drug-likeness (QED) is 0.782. The van der Waals surface area contributed by atoms with Gasteiger partial charge in [-0.15, -0.1) is 0 Å². The third-order valence-corrected chi connectivity index (χ3v) is 3.16. The van der Waals surface area contributed by atoms with Crippen molar-refractivity contribution < 1.29 is 14.3 Å². The molecule has 0 aromatic heterocycles. The van der Waals surface area contributed by atoms with Crippen LogP contribution in [0.15, 0.2) is 18.2 Å². The summed E-state index contributed by atoms with van der Waals surface area (Å²) in [5.74, 6) is -0.321. The Hall–Kier alpha value is -1.88. The summed E-state index contributed by atoms with van der Waals surface area (Å²) < 4.78 is 4.86. The van der Waals surface area contributed by atoms with Crippen molar-refractivity contribution in [2.75, 3.05) is 32.1 Å². The van der Waals surface area contributed by atoms with Gasteiger partial charge in [0.05, 0.1) is 19.6 Å². The van der Waals surface area contributed by atoms with E-state index < -0.39 is 0 Å². The normalized spacial score (nSPS) is 10.5. The second kappa shape index (κ2) is 8.42. The minimum Gasteiger partial charge on any atom is -0.466 e. The average Bonchev–Trinajstić information content (AvgIpc) is 2.41. The first-order valence-corrected chi connectivity index (χ1v) is 7.14. The number of carbonyl (C=O) groups is 2. The second-order valence-corrected chi connectivity index (χ2v) is 5.11. The second-order valence-electron chi connectivity index (χ2n) is 5.11. The van der Waals surface area contributed by atoms with Crippen LogP contribution in [0.4, 0.5) is 5.69 Å². The molecular weight excluding hydrogens is 268 g/mol. The zero-order valence-corrected chi connectivity index (χ0v) is 13.2. The molecule has 1 N–H and O–H groups in total. The molecule has 0 atom stereocenters. The van der Waals surface area contributed by atoms with Crippen LogP contribution in [0, 0.1) is 13.8 Å². The van der Waals surface area contributed by atoms with Gasteiger partial charge < -0.3 is 10.1 Å². The van der Waals surface area contributed by atoms with Gasteiger partial charge in [0.2, 0.25) is 5.91 Å². The van der Waals surface area contributed by atoms with Crippen molar-refractivity contribution in [3.63, 3.8) is 0 Å². The minimum absolute atomic E-state index is 0.0845. The number of nitrogens with zero attached hydrogens (tertiary/aromatic N) is 1. The molecule has 1 aromatic carbocycles. The smallest absolute Gasteiger partial charge is 0.307 e. The maximum Gasteiger partial charge on any atom is 0.307 e. The molecule has 0 bridgehead atoms. The molecule has 0 saturated heterocycles. The molecule has 0 aliphatic heterocycles. The fourth-order valence-electron chi connectivity index (χ4n) is 2.03. The number of para-hydroxylation sites is 1. The van der Waals surface area contributed by atoms with Crippen molar-refractivity contribution in [1.29, 1.82) is 0 Å². The molecule has 1 aromatic rings. The predicted octanol–water partition coefficient (Wildman–Crippen LogP) is 2.13. The van der Waals surface area contributed by atoms with Crippen molar-refractivity contribution in [2.45, 2.75) is 27.2 Å². The molecule has 0 saturated carbocycles. The first kappa shape index (κ1) is 17.2. The van der Waals surface area contributed by atoms with Crippen molar-refractivity contribution in [3.8, 4) is 0 Å². The predicted molar refractivity (Wildman–Crippen MR) is 83.3 cm³/mol. The highest BCUT2D eigenvalue weighted by molar-refractivity contribution is 5.93. The van der Waals surface area contributed by atoms with Crippen LogP contribution < -0.4 is 5.32 Å². The maximum absolute atomic E-state index is 12.0. The Bertz CT molecular complexity index is 480. The van der Waals surface area contributed by atoms with Gasteiger partial charge in [-0.2, -0.15) is 0 Å². The highest BCUT2D eigenvalue weighted by Crippen LogP contribution is 2.19. The number of aryl methyl sites for hydroxylation is 2. The third kappa shape index (κ3) is 5.95. The monoisotopic (exact) mass is 292 g/mol. The van der Waals surface area contributed by atoms with Crippen molar-refractivity contribution in [2.24, 2.45) is 0 Å². The number of hydrogen-bond acceptors (Lipinski definition) is 4. The topological polar surface area (TPSA) is 58.6 Å². The lowest BCUT2D eigenvalue weighted by atomic mass is 10.1. The van der Waals surface area contributed by atoms with Gasteiger partial charge in [0.25, 0.3) is 0 Å². The van der Waals surface area contributed by atoms with Gasteiger partial charge in [0.1, 0.15) is 0 Å². The summed E-state index contributed by atoms with van der Waals surface area (Å²) in [6, 6.07) is 5.89. The molecule has 116 valence electrons. The summed E-state index contributed by atoms with van der Waals surface area (Å²) in [6.07, 6.45) is 0.293. The lowest BCUT2D eigenvalue weighted by Crippen LogP contribution is -2.32. The fraction of sp³-hybridized carbons (Fsp3) is 0.500. The van der Waals surface area contributed by atoms with E-state index >= 15 is 0 Å². The third-order valence-electron chi connectivity index (χ3n) is 3.16. The minimum atomic E-state index is -0.237. The Morgan fingerprint density at radius 1 is 1.24 bits per heavy atom. The summed E-state index contributed by atoms with van der Waals surface area (Å²) in [5.41, 5.74) is 2.94. The van der Waals surface area contributed by atoms with E-state index in [0.717, 1.165) is 16.8 Å². The molecule has 0 unspecified atom stereocenters. The van der Waals surface area contributed by atoms with Gasteiger partial charge in [-0.25, -0.2) is 0 Å². The van der Waals surface area contributed by atoms with E-state index in [0.29, 0.717) is 19.6 Å². The van der Waals surface area contributed by atoms with Gasteiger partial charge >= 0.3 is 5.97 Å². The van der Waals surface area contributed by atoms with Gasteiger partial charge in [0.15, 0.2) is 0 Å². The SMILES string of the molecule is CCOC(=O)CCN(C)CC(=O)Nc1c(C)cccc1C. The number of likely N-dealkylation sites (N-methyl/N-ethyl adjacent to an activating group) is 1. The number of carbonyl (C=O) groups excluding carboxylic acids is 2. The number of benzene rings is 1. The molecule has 21 heavy (non-hydrogen) atoms. The number of hydrogen-bond donors (Lipinski definition) is 1. The van der Waals surface area contributed by atoms with Crippen LogP contribution in [0.2, 0.25) is 0 Å². The van der Waals surface area contributed by atoms with Gasteiger partial charge in [0, 0.05) is 12.2 Å². The Morgan fingerprint density at radius 2 is 1.86 bits per heavy atom. The van der Waals surface area contributed by atoms with E-state index in [1.807, 2.05) is 39.1 Å². The van der Waals surface area contributed by atoms with Crippen molar-refractivity contribution in [3.05, 3.63) is 29.3 Å². The van der Waals surface area contributed by atoms with E-state index in [4.69, 9.17) is 4.74 Å². The molecule has 0 heterocycles. The summed E-state index contributed by atoms with van der Waals surface area (Å²) in [7, 11) is 1.81. The number of rotatable bonds is 7. The molecule has 0 spiro atoms. The van der Waals surface area contributed by atoms with E-state index in [1.54, 1.807) is 11.8 Å². The summed E-state index contributed by atoms with van der Waals surface area (Å²) in [4.78, 5) is 25.1. The van der Waals surface area contributed by atoms with E-state index in [1.165, 1.54) is 0 Å². The Labute approximate surface area is 126 Å². The molecule has 1 amide bonds. The largest absolute Gasteiger partial charge is 0.466 e. The molecule has 5 nitrogen and oxygen atoms in total. The van der Waals surface area contributed by atoms with Crippen LogP contribution in [0.1, 0.15) is 24.5 Å². The number of nitrogens with one attached hydrogen (secondary N) is 1. The average molecular weight is 292 g/mol. The summed E-state index contributed by atoms with van der Waals surface area (Å²) in [5, 5.41) is 2.93. The summed E-state index contributed by atoms with van der Waals surface area (Å²) >= 11 is 0. The van der Waals surface area contributed by atoms with E-state index in [9.17, 15) is 9.59 Å². The lowest BCUT2D eigenvalue weighted by Gasteiger charge is -2.17. The van der Waals surface area contributed by atoms with Crippen LogP contribution in [0.25, 0.3) is 0 Å². The maximum atomic E-state index is 12.0. The van der Waals surface area contributed by atoms with E-state index in [2.05, 4.69) is 5.32 Å². The first-order chi connectivity index (χ1) is 9.93. The molecule has 0 aliphatic rings. The van der Waals surface area contributed by atoms with Crippen molar-refractivity contribution in [1.82, 2.24) is 4.90 Å². The van der Waals surface area contributed by atoms with Crippen LogP contribution >= 0.6 is 0 Å². The number of anilines is 1. The Morgan fingerprint density at radius 3 is 2.43 bits per heavy atom. The number of esters is 1. The molecule has 5 heteroatoms. The van der Waals surface area contributed by atoms with Gasteiger partial charge in [-0.1, -0.05) is 18.2 Å². The molecule has 1 rings (SSSR count). The Balaban J connectivity index is 2.45.